The van der Waals surface area contributed by atoms with Crippen LogP contribution in [0.1, 0.15) is 24.0 Å². The monoisotopic (exact) mass is 262 g/mol. The molecule has 0 spiro atoms. The van der Waals surface area contributed by atoms with Gasteiger partial charge in [0.05, 0.1) is 6.04 Å². The van der Waals surface area contributed by atoms with Gasteiger partial charge in [0.15, 0.2) is 5.96 Å². The van der Waals surface area contributed by atoms with Crippen molar-refractivity contribution < 1.29 is 4.79 Å². The number of nitrogens with zero attached hydrogens (tertiary/aromatic N) is 1. The van der Waals surface area contributed by atoms with Crippen molar-refractivity contribution in [3.8, 4) is 0 Å². The van der Waals surface area contributed by atoms with E-state index in [1.54, 1.807) is 0 Å². The van der Waals surface area contributed by atoms with Crippen molar-refractivity contribution in [2.24, 2.45) is 16.5 Å². The first-order valence-electron chi connectivity index (χ1n) is 6.41. The van der Waals surface area contributed by atoms with Crippen molar-refractivity contribution in [1.82, 2.24) is 5.32 Å². The summed E-state index contributed by atoms with van der Waals surface area (Å²) in [5.41, 5.74) is 12.9. The fourth-order valence-electron chi connectivity index (χ4n) is 1.69. The molecule has 19 heavy (non-hydrogen) atoms. The van der Waals surface area contributed by atoms with Gasteiger partial charge >= 0.3 is 0 Å². The maximum Gasteiger partial charge on any atom is 0.185 e. The summed E-state index contributed by atoms with van der Waals surface area (Å²) in [7, 11) is 0. The highest BCUT2D eigenvalue weighted by Crippen LogP contribution is 2.04. The Bertz CT molecular complexity index is 410. The number of rotatable bonds is 8. The molecule has 1 rings (SSSR count). The van der Waals surface area contributed by atoms with E-state index in [2.05, 4.69) is 41.5 Å². The third kappa shape index (κ3) is 6.57. The van der Waals surface area contributed by atoms with E-state index < -0.39 is 0 Å². The number of aliphatic imine (C=N–C) groups is 1. The first kappa shape index (κ1) is 15.2. The van der Waals surface area contributed by atoms with Gasteiger partial charge in [-0.1, -0.05) is 29.8 Å². The number of hydrogen-bond acceptors (Lipinski definition) is 3. The standard InChI is InChI=1S/C14H22N4O/c1-11-4-6-12(7-5-11)9-18-13(10-19)3-2-8-17-14(15)16/h4-7,10,13,18H,2-3,8-9H2,1H3,(H4,15,16,17). The molecule has 0 saturated carbocycles. The summed E-state index contributed by atoms with van der Waals surface area (Å²) in [6.07, 6.45) is 2.44. The number of nitrogens with one attached hydrogen (secondary N) is 1. The Hall–Kier alpha value is -1.88. The van der Waals surface area contributed by atoms with E-state index in [1.807, 2.05) is 0 Å². The minimum atomic E-state index is -0.157. The average Bonchev–Trinajstić information content (AvgIpc) is 2.39. The summed E-state index contributed by atoms with van der Waals surface area (Å²) in [5.74, 6) is 0.0928. The van der Waals surface area contributed by atoms with Crippen LogP contribution in [0.3, 0.4) is 0 Å². The van der Waals surface area contributed by atoms with Gasteiger partial charge in [0, 0.05) is 13.1 Å². The van der Waals surface area contributed by atoms with E-state index in [0.29, 0.717) is 13.1 Å². The molecule has 0 fully saturated rings. The lowest BCUT2D eigenvalue weighted by molar-refractivity contribution is -0.109. The van der Waals surface area contributed by atoms with Gasteiger partial charge in [-0.15, -0.1) is 0 Å². The quantitative estimate of drug-likeness (QED) is 0.278. The first-order valence-corrected chi connectivity index (χ1v) is 6.41. The van der Waals surface area contributed by atoms with Crippen LogP contribution in [0.2, 0.25) is 0 Å². The van der Waals surface area contributed by atoms with E-state index >= 15 is 0 Å². The Morgan fingerprint density at radius 2 is 2.05 bits per heavy atom. The van der Waals surface area contributed by atoms with Crippen LogP contribution < -0.4 is 16.8 Å². The minimum absolute atomic E-state index is 0.0928. The van der Waals surface area contributed by atoms with E-state index in [-0.39, 0.29) is 12.0 Å². The molecule has 5 heteroatoms. The number of carbonyl (C=O) groups excluding carboxylic acids is 1. The van der Waals surface area contributed by atoms with Crippen molar-refractivity contribution in [3.63, 3.8) is 0 Å². The van der Waals surface area contributed by atoms with Crippen LogP contribution in [-0.2, 0) is 11.3 Å². The van der Waals surface area contributed by atoms with Gasteiger partial charge in [0.2, 0.25) is 0 Å². The number of hydrogen-bond donors (Lipinski definition) is 3. The van der Waals surface area contributed by atoms with Crippen molar-refractivity contribution in [2.45, 2.75) is 32.4 Å². The molecule has 0 aliphatic heterocycles. The van der Waals surface area contributed by atoms with Crippen molar-refractivity contribution in [2.75, 3.05) is 6.54 Å². The summed E-state index contributed by atoms with van der Waals surface area (Å²) >= 11 is 0. The molecule has 0 saturated heterocycles. The maximum absolute atomic E-state index is 11.0. The van der Waals surface area contributed by atoms with Gasteiger partial charge in [0.1, 0.15) is 6.29 Å². The molecule has 0 aliphatic carbocycles. The molecule has 0 aromatic heterocycles. The Balaban J connectivity index is 2.30. The van der Waals surface area contributed by atoms with Crippen LogP contribution >= 0.6 is 0 Å². The van der Waals surface area contributed by atoms with Crippen molar-refractivity contribution in [1.29, 1.82) is 0 Å². The highest BCUT2D eigenvalue weighted by Gasteiger charge is 2.05. The lowest BCUT2D eigenvalue weighted by Crippen LogP contribution is -2.30. The third-order valence-corrected chi connectivity index (χ3v) is 2.82. The number of benzene rings is 1. The largest absolute Gasteiger partial charge is 0.370 e. The molecule has 5 N–H and O–H groups in total. The van der Waals surface area contributed by atoms with E-state index in [9.17, 15) is 4.79 Å². The number of carbonyl (C=O) groups is 1. The summed E-state index contributed by atoms with van der Waals surface area (Å²) < 4.78 is 0. The van der Waals surface area contributed by atoms with Crippen LogP contribution in [0.4, 0.5) is 0 Å². The van der Waals surface area contributed by atoms with Gasteiger partial charge < -0.3 is 21.6 Å². The predicted molar refractivity (Wildman–Crippen MR) is 77.8 cm³/mol. The lowest BCUT2D eigenvalue weighted by Gasteiger charge is -2.12. The summed E-state index contributed by atoms with van der Waals surface area (Å²) in [6, 6.07) is 8.08. The fraction of sp³-hybridized carbons (Fsp3) is 0.429. The van der Waals surface area contributed by atoms with Crippen molar-refractivity contribution in [3.05, 3.63) is 35.4 Å². The van der Waals surface area contributed by atoms with Gasteiger partial charge in [-0.3, -0.25) is 4.99 Å². The smallest absolute Gasteiger partial charge is 0.185 e. The predicted octanol–water partition coefficient (Wildman–Crippen LogP) is 0.706. The molecule has 1 atom stereocenters. The Labute approximate surface area is 114 Å². The van der Waals surface area contributed by atoms with Crippen LogP contribution in [0.15, 0.2) is 29.3 Å². The third-order valence-electron chi connectivity index (χ3n) is 2.82. The Kier molecular flexibility index (Phi) is 6.60. The van der Waals surface area contributed by atoms with Crippen LogP contribution in [0, 0.1) is 6.92 Å². The SMILES string of the molecule is Cc1ccc(CNC(C=O)CCCN=C(N)N)cc1. The lowest BCUT2D eigenvalue weighted by atomic mass is 10.1. The first-order chi connectivity index (χ1) is 9.11. The number of nitrogens with two attached hydrogens (primary N) is 2. The molecule has 0 heterocycles. The molecule has 104 valence electrons. The molecule has 0 radical (unpaired) electrons. The highest BCUT2D eigenvalue weighted by molar-refractivity contribution is 5.75. The van der Waals surface area contributed by atoms with Gasteiger partial charge in [0.25, 0.3) is 0 Å². The summed E-state index contributed by atoms with van der Waals surface area (Å²) in [5, 5.41) is 3.21. The topological polar surface area (TPSA) is 93.5 Å². The maximum atomic E-state index is 11.0. The second-order valence-electron chi connectivity index (χ2n) is 4.56. The molecule has 0 amide bonds. The average molecular weight is 262 g/mol. The molecular weight excluding hydrogens is 240 g/mol. The van der Waals surface area contributed by atoms with Crippen LogP contribution in [0.25, 0.3) is 0 Å². The fourth-order valence-corrected chi connectivity index (χ4v) is 1.69. The van der Waals surface area contributed by atoms with Crippen molar-refractivity contribution >= 4 is 12.2 Å². The second kappa shape index (κ2) is 8.26. The molecule has 1 unspecified atom stereocenters. The molecule has 1 aromatic rings. The molecule has 0 aliphatic rings. The zero-order valence-electron chi connectivity index (χ0n) is 11.3. The molecule has 0 bridgehead atoms. The second-order valence-corrected chi connectivity index (χ2v) is 4.56. The number of guanidine groups is 1. The zero-order chi connectivity index (χ0) is 14.1. The number of aldehydes is 1. The minimum Gasteiger partial charge on any atom is -0.370 e. The summed E-state index contributed by atoms with van der Waals surface area (Å²) in [6.45, 7) is 3.29. The van der Waals surface area contributed by atoms with E-state index in [1.165, 1.54) is 11.1 Å². The number of aryl methyl sites for hydroxylation is 1. The Morgan fingerprint density at radius 3 is 2.63 bits per heavy atom. The van der Waals surface area contributed by atoms with Crippen LogP contribution in [0.5, 0.6) is 0 Å². The normalized spacial score (nSPS) is 11.8. The van der Waals surface area contributed by atoms with Gasteiger partial charge in [-0.05, 0) is 25.3 Å². The molecule has 1 aromatic carbocycles. The molecular formula is C14H22N4O. The highest BCUT2D eigenvalue weighted by atomic mass is 16.1. The van der Waals surface area contributed by atoms with E-state index in [0.717, 1.165) is 19.1 Å². The zero-order valence-corrected chi connectivity index (χ0v) is 11.3. The Morgan fingerprint density at radius 1 is 1.37 bits per heavy atom. The summed E-state index contributed by atoms with van der Waals surface area (Å²) in [4.78, 5) is 14.8. The van der Waals surface area contributed by atoms with Gasteiger partial charge in [-0.2, -0.15) is 0 Å². The van der Waals surface area contributed by atoms with Gasteiger partial charge in [-0.25, -0.2) is 0 Å². The van der Waals surface area contributed by atoms with E-state index in [4.69, 9.17) is 11.5 Å². The molecule has 5 nitrogen and oxygen atoms in total. The van der Waals surface area contributed by atoms with Crippen LogP contribution in [-0.4, -0.2) is 24.8 Å².